The third-order valence-electron chi connectivity index (χ3n) is 3.90. The first-order valence-electron chi connectivity index (χ1n) is 8.10. The Hall–Kier alpha value is -1.83. The van der Waals surface area contributed by atoms with Gasteiger partial charge in [0, 0.05) is 17.2 Å². The first-order valence-corrected chi connectivity index (χ1v) is 9.68. The Bertz CT molecular complexity index is 716. The lowest BCUT2D eigenvalue weighted by atomic mass is 9.99. The van der Waals surface area contributed by atoms with Gasteiger partial charge in [-0.3, -0.25) is 0 Å². The Kier molecular flexibility index (Phi) is 7.97. The van der Waals surface area contributed by atoms with Crippen molar-refractivity contribution in [1.82, 2.24) is 0 Å². The fourth-order valence-corrected chi connectivity index (χ4v) is 3.86. The SMILES string of the molecule is COc1ccc(C(C#N)SCc2ccccc2)c(CCCCl)c1OC. The van der Waals surface area contributed by atoms with Crippen molar-refractivity contribution in [2.75, 3.05) is 20.1 Å². The molecular weight excluding hydrogens is 354 g/mol. The number of halogens is 1. The smallest absolute Gasteiger partial charge is 0.164 e. The molecule has 0 N–H and O–H groups in total. The highest BCUT2D eigenvalue weighted by Crippen LogP contribution is 2.41. The van der Waals surface area contributed by atoms with Crippen molar-refractivity contribution in [3.63, 3.8) is 0 Å². The summed E-state index contributed by atoms with van der Waals surface area (Å²) in [6.07, 6.45) is 1.57. The molecule has 2 aromatic carbocycles. The minimum Gasteiger partial charge on any atom is -0.493 e. The molecule has 1 unspecified atom stereocenters. The van der Waals surface area contributed by atoms with Gasteiger partial charge in [0.25, 0.3) is 0 Å². The van der Waals surface area contributed by atoms with E-state index >= 15 is 0 Å². The van der Waals surface area contributed by atoms with Crippen LogP contribution in [0.5, 0.6) is 11.5 Å². The molecule has 0 heterocycles. The highest BCUT2D eigenvalue weighted by molar-refractivity contribution is 7.99. The molecule has 1 atom stereocenters. The first-order chi connectivity index (χ1) is 12.2. The minimum absolute atomic E-state index is 0.273. The van der Waals surface area contributed by atoms with E-state index in [-0.39, 0.29) is 5.25 Å². The summed E-state index contributed by atoms with van der Waals surface area (Å²) in [5, 5.41) is 9.46. The number of hydrogen-bond acceptors (Lipinski definition) is 4. The van der Waals surface area contributed by atoms with Crippen LogP contribution >= 0.6 is 23.4 Å². The molecule has 0 fully saturated rings. The van der Waals surface area contributed by atoms with Gasteiger partial charge in [-0.15, -0.1) is 23.4 Å². The maximum atomic E-state index is 9.73. The molecule has 5 heteroatoms. The Morgan fingerprint density at radius 3 is 2.48 bits per heavy atom. The quantitative estimate of drug-likeness (QED) is 0.552. The van der Waals surface area contributed by atoms with Gasteiger partial charge in [-0.1, -0.05) is 36.4 Å². The van der Waals surface area contributed by atoms with E-state index in [4.69, 9.17) is 21.1 Å². The van der Waals surface area contributed by atoms with Gasteiger partial charge in [0.2, 0.25) is 0 Å². The lowest BCUT2D eigenvalue weighted by Gasteiger charge is -2.19. The Morgan fingerprint density at radius 2 is 1.88 bits per heavy atom. The van der Waals surface area contributed by atoms with Gasteiger partial charge in [-0.25, -0.2) is 0 Å². The van der Waals surface area contributed by atoms with E-state index in [9.17, 15) is 5.26 Å². The largest absolute Gasteiger partial charge is 0.493 e. The van der Waals surface area contributed by atoms with Crippen LogP contribution in [0.3, 0.4) is 0 Å². The van der Waals surface area contributed by atoms with Gasteiger partial charge in [-0.2, -0.15) is 5.26 Å². The van der Waals surface area contributed by atoms with E-state index in [1.807, 2.05) is 30.3 Å². The van der Waals surface area contributed by atoms with Crippen LogP contribution in [-0.2, 0) is 12.2 Å². The van der Waals surface area contributed by atoms with Crippen molar-refractivity contribution in [2.45, 2.75) is 23.8 Å². The lowest BCUT2D eigenvalue weighted by Crippen LogP contribution is -2.04. The van der Waals surface area contributed by atoms with Gasteiger partial charge in [0.1, 0.15) is 5.25 Å². The molecule has 0 saturated carbocycles. The van der Waals surface area contributed by atoms with Crippen molar-refractivity contribution >= 4 is 23.4 Å². The van der Waals surface area contributed by atoms with Crippen molar-refractivity contribution < 1.29 is 9.47 Å². The molecule has 132 valence electrons. The molecule has 0 spiro atoms. The third-order valence-corrected chi connectivity index (χ3v) is 5.36. The van der Waals surface area contributed by atoms with Crippen LogP contribution in [0.1, 0.15) is 28.4 Å². The normalized spacial score (nSPS) is 11.6. The van der Waals surface area contributed by atoms with Crippen molar-refractivity contribution in [2.24, 2.45) is 0 Å². The highest BCUT2D eigenvalue weighted by Gasteiger charge is 2.21. The van der Waals surface area contributed by atoms with Crippen molar-refractivity contribution in [1.29, 1.82) is 5.26 Å². The van der Waals surface area contributed by atoms with Crippen LogP contribution in [0.15, 0.2) is 42.5 Å². The van der Waals surface area contributed by atoms with Crippen LogP contribution in [0.2, 0.25) is 0 Å². The van der Waals surface area contributed by atoms with E-state index in [0.29, 0.717) is 17.4 Å². The average Bonchev–Trinajstić information content (AvgIpc) is 2.67. The highest BCUT2D eigenvalue weighted by atomic mass is 35.5. The zero-order valence-corrected chi connectivity index (χ0v) is 16.1. The first kappa shape index (κ1) is 19.5. The standard InChI is InChI=1S/C20H22ClNO2S/c1-23-18-11-10-16(17(9-6-12-21)20(18)24-2)19(13-22)25-14-15-7-4-3-5-8-15/h3-5,7-8,10-11,19H,6,9,12,14H2,1-2H3. The van der Waals surface area contributed by atoms with Crippen molar-refractivity contribution in [3.05, 3.63) is 59.2 Å². The molecule has 0 bridgehead atoms. The summed E-state index contributed by atoms with van der Waals surface area (Å²) in [5.74, 6) is 2.72. The number of alkyl halides is 1. The Labute approximate surface area is 158 Å². The molecule has 2 rings (SSSR count). The molecule has 0 aromatic heterocycles. The average molecular weight is 376 g/mol. The number of ether oxygens (including phenoxy) is 2. The zero-order chi connectivity index (χ0) is 18.1. The van der Waals surface area contributed by atoms with E-state index in [0.717, 1.165) is 29.7 Å². The van der Waals surface area contributed by atoms with Crippen LogP contribution in [0.4, 0.5) is 0 Å². The minimum atomic E-state index is -0.273. The maximum absolute atomic E-state index is 9.73. The lowest BCUT2D eigenvalue weighted by molar-refractivity contribution is 0.351. The molecule has 25 heavy (non-hydrogen) atoms. The summed E-state index contributed by atoms with van der Waals surface area (Å²) in [6, 6.07) is 16.4. The zero-order valence-electron chi connectivity index (χ0n) is 14.5. The molecule has 0 saturated heterocycles. The maximum Gasteiger partial charge on any atom is 0.164 e. The number of nitriles is 1. The number of thioether (sulfide) groups is 1. The van der Waals surface area contributed by atoms with E-state index in [1.54, 1.807) is 26.0 Å². The van der Waals surface area contributed by atoms with Gasteiger partial charge in [0.05, 0.1) is 20.3 Å². The molecule has 2 aromatic rings. The summed E-state index contributed by atoms with van der Waals surface area (Å²) in [7, 11) is 3.25. The number of hydrogen-bond donors (Lipinski definition) is 0. The number of methoxy groups -OCH3 is 2. The van der Waals surface area contributed by atoms with E-state index in [2.05, 4.69) is 18.2 Å². The van der Waals surface area contributed by atoms with Crippen LogP contribution in [0.25, 0.3) is 0 Å². The second-order valence-corrected chi connectivity index (χ2v) is 6.94. The Morgan fingerprint density at radius 1 is 1.12 bits per heavy atom. The number of benzene rings is 2. The monoisotopic (exact) mass is 375 g/mol. The van der Waals surface area contributed by atoms with Gasteiger partial charge >= 0.3 is 0 Å². The topological polar surface area (TPSA) is 42.2 Å². The molecule has 0 aliphatic rings. The third kappa shape index (κ3) is 5.07. The summed E-state index contributed by atoms with van der Waals surface area (Å²) in [4.78, 5) is 0. The van der Waals surface area contributed by atoms with Crippen LogP contribution < -0.4 is 9.47 Å². The molecular formula is C20H22ClNO2S. The number of rotatable bonds is 9. The summed E-state index contributed by atoms with van der Waals surface area (Å²) < 4.78 is 11.0. The van der Waals surface area contributed by atoms with Crippen LogP contribution in [-0.4, -0.2) is 20.1 Å². The van der Waals surface area contributed by atoms with Gasteiger partial charge in [-0.05, 0) is 30.0 Å². The molecule has 0 aliphatic carbocycles. The second kappa shape index (κ2) is 10.2. The summed E-state index contributed by atoms with van der Waals surface area (Å²) in [6.45, 7) is 0. The number of nitrogens with zero attached hydrogens (tertiary/aromatic N) is 1. The molecule has 0 amide bonds. The molecule has 0 radical (unpaired) electrons. The van der Waals surface area contributed by atoms with E-state index < -0.39 is 0 Å². The van der Waals surface area contributed by atoms with Gasteiger partial charge in [0.15, 0.2) is 11.5 Å². The fourth-order valence-electron chi connectivity index (χ4n) is 2.70. The molecule has 3 nitrogen and oxygen atoms in total. The van der Waals surface area contributed by atoms with Crippen LogP contribution in [0, 0.1) is 11.3 Å². The van der Waals surface area contributed by atoms with Gasteiger partial charge < -0.3 is 9.47 Å². The predicted molar refractivity (Wildman–Crippen MR) is 105 cm³/mol. The molecule has 0 aliphatic heterocycles. The summed E-state index contributed by atoms with van der Waals surface area (Å²) >= 11 is 7.50. The fraction of sp³-hybridized carbons (Fsp3) is 0.350. The van der Waals surface area contributed by atoms with Crippen molar-refractivity contribution in [3.8, 4) is 17.6 Å². The predicted octanol–water partition coefficient (Wildman–Crippen LogP) is 5.37. The summed E-state index contributed by atoms with van der Waals surface area (Å²) in [5.41, 5.74) is 3.19. The van der Waals surface area contributed by atoms with E-state index in [1.165, 1.54) is 5.56 Å². The second-order valence-electron chi connectivity index (χ2n) is 5.47. The Balaban J connectivity index is 2.31.